The molecule has 1 aliphatic heterocycles. The first-order valence-electron chi connectivity index (χ1n) is 3.80. The van der Waals surface area contributed by atoms with E-state index in [1.165, 1.54) is 0 Å². The Balaban J connectivity index is 2.02. The molecule has 4 nitrogen and oxygen atoms in total. The lowest BCUT2D eigenvalue weighted by atomic mass is 10.3. The molecule has 0 aliphatic carbocycles. The minimum Gasteiger partial charge on any atom is -0.485 e. The van der Waals surface area contributed by atoms with Gasteiger partial charge in [0, 0.05) is 12.3 Å². The highest BCUT2D eigenvalue weighted by Crippen LogP contribution is 2.16. The second kappa shape index (κ2) is 2.98. The van der Waals surface area contributed by atoms with E-state index in [4.69, 9.17) is 15.2 Å². The third-order valence-corrected chi connectivity index (χ3v) is 1.66. The Morgan fingerprint density at radius 2 is 2.42 bits per heavy atom. The zero-order valence-corrected chi connectivity index (χ0v) is 6.56. The first-order valence-corrected chi connectivity index (χ1v) is 3.80. The van der Waals surface area contributed by atoms with Crippen LogP contribution in [-0.2, 0) is 4.74 Å². The van der Waals surface area contributed by atoms with E-state index < -0.39 is 0 Å². The van der Waals surface area contributed by atoms with Crippen molar-refractivity contribution in [3.63, 3.8) is 0 Å². The van der Waals surface area contributed by atoms with E-state index in [1.807, 2.05) is 0 Å². The first-order chi connectivity index (χ1) is 5.84. The molecule has 0 saturated carbocycles. The molecule has 0 amide bonds. The number of nitrogens with zero attached hydrogens (tertiary/aromatic N) is 1. The zero-order valence-electron chi connectivity index (χ0n) is 6.56. The molecule has 1 saturated heterocycles. The average molecular weight is 166 g/mol. The van der Waals surface area contributed by atoms with Crippen molar-refractivity contribution >= 4 is 5.82 Å². The van der Waals surface area contributed by atoms with Crippen LogP contribution in [0.1, 0.15) is 0 Å². The van der Waals surface area contributed by atoms with Crippen molar-refractivity contribution < 1.29 is 9.47 Å². The van der Waals surface area contributed by atoms with Crippen LogP contribution in [0.15, 0.2) is 18.3 Å². The summed E-state index contributed by atoms with van der Waals surface area (Å²) in [5.74, 6) is 1.24. The van der Waals surface area contributed by atoms with Gasteiger partial charge in [0.05, 0.1) is 13.2 Å². The lowest BCUT2D eigenvalue weighted by Gasteiger charge is -2.26. The highest BCUT2D eigenvalue weighted by molar-refractivity contribution is 5.35. The molecule has 0 spiro atoms. The first kappa shape index (κ1) is 7.36. The summed E-state index contributed by atoms with van der Waals surface area (Å²) in [5, 5.41) is 0. The van der Waals surface area contributed by atoms with Gasteiger partial charge in [-0.2, -0.15) is 0 Å². The number of nitrogens with two attached hydrogens (primary N) is 1. The molecule has 2 heterocycles. The fraction of sp³-hybridized carbons (Fsp3) is 0.375. The van der Waals surface area contributed by atoms with Crippen molar-refractivity contribution in [3.8, 4) is 5.75 Å². The van der Waals surface area contributed by atoms with Crippen molar-refractivity contribution in [3.05, 3.63) is 18.3 Å². The second-order valence-electron chi connectivity index (χ2n) is 2.69. The Kier molecular flexibility index (Phi) is 1.83. The predicted octanol–water partition coefficient (Wildman–Crippen LogP) is 0.441. The number of hydrogen-bond donors (Lipinski definition) is 1. The normalized spacial score (nSPS) is 17.0. The van der Waals surface area contributed by atoms with Crippen molar-refractivity contribution in [2.75, 3.05) is 18.9 Å². The van der Waals surface area contributed by atoms with Crippen LogP contribution >= 0.6 is 0 Å². The quantitative estimate of drug-likeness (QED) is 0.692. The van der Waals surface area contributed by atoms with Crippen LogP contribution in [0.5, 0.6) is 5.75 Å². The summed E-state index contributed by atoms with van der Waals surface area (Å²) in [6, 6.07) is 3.49. The van der Waals surface area contributed by atoms with Crippen LogP contribution in [0.4, 0.5) is 5.82 Å². The van der Waals surface area contributed by atoms with Gasteiger partial charge < -0.3 is 15.2 Å². The van der Waals surface area contributed by atoms with Crippen molar-refractivity contribution in [2.24, 2.45) is 0 Å². The van der Waals surface area contributed by atoms with Crippen LogP contribution < -0.4 is 10.5 Å². The van der Waals surface area contributed by atoms with Crippen molar-refractivity contribution in [1.29, 1.82) is 0 Å². The van der Waals surface area contributed by atoms with Crippen LogP contribution in [0.25, 0.3) is 0 Å². The van der Waals surface area contributed by atoms with E-state index in [1.54, 1.807) is 18.3 Å². The third kappa shape index (κ3) is 1.48. The van der Waals surface area contributed by atoms with Gasteiger partial charge in [0.2, 0.25) is 0 Å². The van der Waals surface area contributed by atoms with Gasteiger partial charge >= 0.3 is 0 Å². The summed E-state index contributed by atoms with van der Waals surface area (Å²) in [4.78, 5) is 3.86. The van der Waals surface area contributed by atoms with E-state index in [2.05, 4.69) is 4.98 Å². The number of hydrogen-bond acceptors (Lipinski definition) is 4. The monoisotopic (exact) mass is 166 g/mol. The highest BCUT2D eigenvalue weighted by atomic mass is 16.6. The molecular formula is C8H10N2O2. The van der Waals surface area contributed by atoms with Gasteiger partial charge in [-0.1, -0.05) is 0 Å². The van der Waals surface area contributed by atoms with Gasteiger partial charge in [0.15, 0.2) is 0 Å². The Morgan fingerprint density at radius 3 is 3.00 bits per heavy atom. The molecule has 0 aromatic carbocycles. The number of nitrogen functional groups attached to an aromatic ring is 1. The van der Waals surface area contributed by atoms with Gasteiger partial charge in [0.1, 0.15) is 17.7 Å². The molecule has 1 fully saturated rings. The summed E-state index contributed by atoms with van der Waals surface area (Å²) < 4.78 is 10.5. The highest BCUT2D eigenvalue weighted by Gasteiger charge is 2.19. The molecule has 0 unspecified atom stereocenters. The summed E-state index contributed by atoms with van der Waals surface area (Å²) >= 11 is 0. The van der Waals surface area contributed by atoms with E-state index >= 15 is 0 Å². The molecule has 2 N–H and O–H groups in total. The number of pyridine rings is 1. The predicted molar refractivity (Wildman–Crippen MR) is 43.9 cm³/mol. The van der Waals surface area contributed by atoms with Gasteiger partial charge in [-0.05, 0) is 6.07 Å². The Morgan fingerprint density at radius 1 is 1.58 bits per heavy atom. The zero-order chi connectivity index (χ0) is 8.39. The summed E-state index contributed by atoms with van der Waals surface area (Å²) in [5.41, 5.74) is 5.47. The molecule has 2 rings (SSSR count). The average Bonchev–Trinajstić information content (AvgIpc) is 1.97. The van der Waals surface area contributed by atoms with Crippen LogP contribution in [0, 0.1) is 0 Å². The smallest absolute Gasteiger partial charge is 0.145 e. The van der Waals surface area contributed by atoms with E-state index in [0.29, 0.717) is 19.0 Å². The maximum Gasteiger partial charge on any atom is 0.145 e. The Hall–Kier alpha value is -1.29. The van der Waals surface area contributed by atoms with Gasteiger partial charge in [0.25, 0.3) is 0 Å². The largest absolute Gasteiger partial charge is 0.485 e. The number of anilines is 1. The summed E-state index contributed by atoms with van der Waals surface area (Å²) in [7, 11) is 0. The standard InChI is InChI=1S/C8H10N2O2/c9-8-3-6(1-2-10-8)12-7-4-11-5-7/h1-3,7H,4-5H2,(H2,9,10). The Bertz CT molecular complexity index is 274. The molecule has 64 valence electrons. The van der Waals surface area contributed by atoms with Gasteiger partial charge in [-0.3, -0.25) is 0 Å². The van der Waals surface area contributed by atoms with E-state index in [9.17, 15) is 0 Å². The fourth-order valence-electron chi connectivity index (χ4n) is 0.976. The topological polar surface area (TPSA) is 57.4 Å². The van der Waals surface area contributed by atoms with Gasteiger partial charge in [-0.15, -0.1) is 0 Å². The van der Waals surface area contributed by atoms with Crippen molar-refractivity contribution in [1.82, 2.24) is 4.98 Å². The molecule has 4 heteroatoms. The summed E-state index contributed by atoms with van der Waals surface area (Å²) in [6.07, 6.45) is 1.82. The molecule has 0 radical (unpaired) electrons. The molecule has 0 bridgehead atoms. The van der Waals surface area contributed by atoms with Crippen LogP contribution in [-0.4, -0.2) is 24.3 Å². The molecule has 0 atom stereocenters. The second-order valence-corrected chi connectivity index (χ2v) is 2.69. The minimum absolute atomic E-state index is 0.187. The van der Waals surface area contributed by atoms with Crippen molar-refractivity contribution in [2.45, 2.75) is 6.10 Å². The molecule has 1 aromatic heterocycles. The molecular weight excluding hydrogens is 156 g/mol. The van der Waals surface area contributed by atoms with E-state index in [0.717, 1.165) is 5.75 Å². The fourth-order valence-corrected chi connectivity index (χ4v) is 0.976. The van der Waals surface area contributed by atoms with E-state index in [-0.39, 0.29) is 6.10 Å². The number of ether oxygens (including phenoxy) is 2. The van der Waals surface area contributed by atoms with Crippen LogP contribution in [0.2, 0.25) is 0 Å². The van der Waals surface area contributed by atoms with Gasteiger partial charge in [-0.25, -0.2) is 4.98 Å². The Labute approximate surface area is 70.3 Å². The number of aromatic nitrogens is 1. The maximum atomic E-state index is 5.49. The lowest BCUT2D eigenvalue weighted by Crippen LogP contribution is -2.38. The third-order valence-electron chi connectivity index (χ3n) is 1.66. The lowest BCUT2D eigenvalue weighted by molar-refractivity contribution is -0.0796. The minimum atomic E-state index is 0.187. The molecule has 1 aromatic rings. The maximum absolute atomic E-state index is 5.49. The molecule has 1 aliphatic rings. The number of rotatable bonds is 2. The SMILES string of the molecule is Nc1cc(OC2COC2)ccn1. The van der Waals surface area contributed by atoms with Crippen LogP contribution in [0.3, 0.4) is 0 Å². The molecule has 12 heavy (non-hydrogen) atoms. The summed E-state index contributed by atoms with van der Waals surface area (Å²) in [6.45, 7) is 1.34.